The van der Waals surface area contributed by atoms with E-state index in [-0.39, 0.29) is 0 Å². The maximum absolute atomic E-state index is 4.87. The second-order valence-electron chi connectivity index (χ2n) is 6.61. The van der Waals surface area contributed by atoms with Crippen LogP contribution in [0.25, 0.3) is 56.1 Å². The van der Waals surface area contributed by atoms with Crippen LogP contribution in [-0.2, 0) is 0 Å². The normalized spacial score (nSPS) is 11.6. The molecule has 0 atom stereocenters. The fraction of sp³-hybridized carbons (Fsp3) is 0. The monoisotopic (exact) mass is 362 g/mol. The van der Waals surface area contributed by atoms with E-state index in [9.17, 15) is 0 Å². The zero-order valence-corrected chi connectivity index (χ0v) is 14.7. The van der Waals surface area contributed by atoms with Gasteiger partial charge in [-0.2, -0.15) is 0 Å². The largest absolute Gasteiger partial charge is 0.337 e. The van der Waals surface area contributed by atoms with E-state index in [0.29, 0.717) is 23.0 Å². The lowest BCUT2D eigenvalue weighted by Crippen LogP contribution is -1.97. The lowest BCUT2D eigenvalue weighted by molar-refractivity contribution is 1.19. The van der Waals surface area contributed by atoms with Crippen molar-refractivity contribution in [2.75, 3.05) is 0 Å². The highest BCUT2D eigenvalue weighted by molar-refractivity contribution is 5.88. The van der Waals surface area contributed by atoms with Gasteiger partial charge < -0.3 is 9.97 Å². The van der Waals surface area contributed by atoms with Gasteiger partial charge in [0, 0.05) is 0 Å². The molecule has 0 fully saturated rings. The van der Waals surface area contributed by atoms with Gasteiger partial charge in [0.25, 0.3) is 0 Å². The number of benzene rings is 3. The van der Waals surface area contributed by atoms with Gasteiger partial charge in [-0.3, -0.25) is 0 Å². The molecule has 0 aliphatic carbocycles. The van der Waals surface area contributed by atoms with Crippen LogP contribution in [0.5, 0.6) is 0 Å². The fourth-order valence-corrected chi connectivity index (χ4v) is 3.46. The molecule has 0 unspecified atom stereocenters. The van der Waals surface area contributed by atoms with E-state index in [1.165, 1.54) is 0 Å². The van der Waals surface area contributed by atoms with Crippen LogP contribution in [0, 0.1) is 0 Å². The van der Waals surface area contributed by atoms with E-state index in [2.05, 4.69) is 9.97 Å². The molecule has 132 valence electrons. The van der Waals surface area contributed by atoms with Crippen LogP contribution in [0.15, 0.2) is 72.8 Å². The number of imidazole rings is 2. The van der Waals surface area contributed by atoms with Crippen molar-refractivity contribution in [3.05, 3.63) is 72.8 Å². The molecule has 6 rings (SSSR count). The molecule has 0 saturated heterocycles. The molecule has 6 nitrogen and oxygen atoms in total. The van der Waals surface area contributed by atoms with Gasteiger partial charge in [0.1, 0.15) is 11.4 Å². The van der Waals surface area contributed by atoms with Crippen molar-refractivity contribution < 1.29 is 0 Å². The number of aromatic amines is 2. The Balaban J connectivity index is 1.67. The van der Waals surface area contributed by atoms with E-state index < -0.39 is 0 Å². The standard InChI is InChI=1S/C22H14N6/c1-2-8-14-13(7-1)23-19(21-25-15-9-3-4-10-16(15)26-21)20(24-14)22-27-17-11-5-6-12-18(17)28-22/h1-12H,(H,25,26)(H,27,28). The lowest BCUT2D eigenvalue weighted by atomic mass is 10.2. The Morgan fingerprint density at radius 1 is 0.429 bits per heavy atom. The van der Waals surface area contributed by atoms with E-state index in [1.54, 1.807) is 0 Å². The zero-order valence-electron chi connectivity index (χ0n) is 14.7. The zero-order chi connectivity index (χ0) is 18.5. The van der Waals surface area contributed by atoms with Crippen molar-refractivity contribution in [2.45, 2.75) is 0 Å². The van der Waals surface area contributed by atoms with Crippen molar-refractivity contribution in [1.82, 2.24) is 29.9 Å². The minimum atomic E-state index is 0.675. The summed E-state index contributed by atoms with van der Waals surface area (Å²) in [4.78, 5) is 25.9. The lowest BCUT2D eigenvalue weighted by Gasteiger charge is -2.06. The molecule has 0 aliphatic rings. The summed E-state index contributed by atoms with van der Waals surface area (Å²) < 4.78 is 0. The molecule has 2 N–H and O–H groups in total. The summed E-state index contributed by atoms with van der Waals surface area (Å²) in [6.07, 6.45) is 0. The second kappa shape index (κ2) is 5.72. The van der Waals surface area contributed by atoms with Gasteiger partial charge >= 0.3 is 0 Å². The molecule has 6 heteroatoms. The Morgan fingerprint density at radius 2 is 0.821 bits per heavy atom. The van der Waals surface area contributed by atoms with Crippen LogP contribution in [0.1, 0.15) is 0 Å². The Labute approximate surface area is 159 Å². The Morgan fingerprint density at radius 3 is 1.25 bits per heavy atom. The third-order valence-corrected chi connectivity index (χ3v) is 4.80. The van der Waals surface area contributed by atoms with Crippen LogP contribution in [-0.4, -0.2) is 29.9 Å². The highest BCUT2D eigenvalue weighted by Crippen LogP contribution is 2.30. The van der Waals surface area contributed by atoms with Crippen molar-refractivity contribution in [3.8, 4) is 23.0 Å². The first kappa shape index (κ1) is 15.0. The van der Waals surface area contributed by atoms with Crippen molar-refractivity contribution >= 4 is 33.1 Å². The van der Waals surface area contributed by atoms with Crippen LogP contribution >= 0.6 is 0 Å². The quantitative estimate of drug-likeness (QED) is 0.467. The number of nitrogens with one attached hydrogen (secondary N) is 2. The first-order chi connectivity index (χ1) is 13.8. The maximum atomic E-state index is 4.87. The Hall–Kier alpha value is -4.06. The van der Waals surface area contributed by atoms with E-state index in [0.717, 1.165) is 33.1 Å². The van der Waals surface area contributed by atoms with Crippen LogP contribution in [0.4, 0.5) is 0 Å². The summed E-state index contributed by atoms with van der Waals surface area (Å²) in [6.45, 7) is 0. The predicted octanol–water partition coefficient (Wildman–Crippen LogP) is 4.72. The average molecular weight is 362 g/mol. The predicted molar refractivity (Wildman–Crippen MR) is 110 cm³/mol. The molecule has 0 radical (unpaired) electrons. The van der Waals surface area contributed by atoms with Crippen molar-refractivity contribution in [2.24, 2.45) is 0 Å². The first-order valence-electron chi connectivity index (χ1n) is 9.02. The molecule has 28 heavy (non-hydrogen) atoms. The highest BCUT2D eigenvalue weighted by atomic mass is 15.0. The van der Waals surface area contributed by atoms with Crippen LogP contribution < -0.4 is 0 Å². The topological polar surface area (TPSA) is 83.1 Å². The highest BCUT2D eigenvalue weighted by Gasteiger charge is 2.19. The number of H-pyrrole nitrogens is 2. The van der Waals surface area contributed by atoms with Gasteiger partial charge in [-0.1, -0.05) is 36.4 Å². The molecule has 0 amide bonds. The van der Waals surface area contributed by atoms with Gasteiger partial charge in [-0.15, -0.1) is 0 Å². The van der Waals surface area contributed by atoms with Crippen LogP contribution in [0.2, 0.25) is 0 Å². The summed E-state index contributed by atoms with van der Waals surface area (Å²) in [5.41, 5.74) is 6.69. The van der Waals surface area contributed by atoms with Gasteiger partial charge in [0.05, 0.1) is 33.1 Å². The summed E-state index contributed by atoms with van der Waals surface area (Å²) in [6, 6.07) is 23.7. The SMILES string of the molecule is c1ccc2nc(-c3nc4ccccc4[nH]3)c(-c3nc4ccccc4[nH]3)nc2c1. The number of para-hydroxylation sites is 6. The van der Waals surface area contributed by atoms with E-state index in [4.69, 9.17) is 19.9 Å². The van der Waals surface area contributed by atoms with Crippen molar-refractivity contribution in [3.63, 3.8) is 0 Å². The minimum Gasteiger partial charge on any atom is -0.337 e. The van der Waals surface area contributed by atoms with E-state index in [1.807, 2.05) is 72.8 Å². The van der Waals surface area contributed by atoms with Gasteiger partial charge in [-0.25, -0.2) is 19.9 Å². The number of rotatable bonds is 2. The summed E-state index contributed by atoms with van der Waals surface area (Å²) in [5.74, 6) is 1.35. The molecule has 3 heterocycles. The van der Waals surface area contributed by atoms with E-state index >= 15 is 0 Å². The average Bonchev–Trinajstić information content (AvgIpc) is 3.36. The van der Waals surface area contributed by atoms with Gasteiger partial charge in [-0.05, 0) is 36.4 Å². The maximum Gasteiger partial charge on any atom is 0.159 e. The Bertz CT molecular complexity index is 1300. The summed E-state index contributed by atoms with van der Waals surface area (Å²) in [5, 5.41) is 0. The van der Waals surface area contributed by atoms with Gasteiger partial charge in [0.15, 0.2) is 11.6 Å². The number of aromatic nitrogens is 6. The third kappa shape index (κ3) is 2.28. The first-order valence-corrected chi connectivity index (χ1v) is 9.02. The number of nitrogens with zero attached hydrogens (tertiary/aromatic N) is 4. The molecule has 3 aromatic carbocycles. The molecule has 0 bridgehead atoms. The molecule has 0 aliphatic heterocycles. The third-order valence-electron chi connectivity index (χ3n) is 4.80. The molecular formula is C22H14N6. The van der Waals surface area contributed by atoms with Gasteiger partial charge in [0.2, 0.25) is 0 Å². The second-order valence-corrected chi connectivity index (χ2v) is 6.61. The fourth-order valence-electron chi connectivity index (χ4n) is 3.46. The number of hydrogen-bond donors (Lipinski definition) is 2. The summed E-state index contributed by atoms with van der Waals surface area (Å²) >= 11 is 0. The minimum absolute atomic E-state index is 0.675. The molecule has 3 aromatic heterocycles. The summed E-state index contributed by atoms with van der Waals surface area (Å²) in [7, 11) is 0. The number of fused-ring (bicyclic) bond motifs is 3. The Kier molecular flexibility index (Phi) is 3.07. The molecule has 6 aromatic rings. The molecular weight excluding hydrogens is 348 g/mol. The smallest absolute Gasteiger partial charge is 0.159 e. The molecule has 0 saturated carbocycles. The molecule has 0 spiro atoms. The van der Waals surface area contributed by atoms with Crippen molar-refractivity contribution in [1.29, 1.82) is 0 Å². The number of hydrogen-bond acceptors (Lipinski definition) is 4. The van der Waals surface area contributed by atoms with Crippen LogP contribution in [0.3, 0.4) is 0 Å².